The first kappa shape index (κ1) is 23.4. The summed E-state index contributed by atoms with van der Waals surface area (Å²) in [5, 5.41) is 1.36. The molecular formula is C23H22ClN7O3S. The zero-order chi connectivity index (χ0) is 24.6. The Balaban J connectivity index is 1.26. The predicted molar refractivity (Wildman–Crippen MR) is 131 cm³/mol. The number of fused-ring (bicyclic) bond motifs is 1. The van der Waals surface area contributed by atoms with Crippen molar-refractivity contribution in [1.82, 2.24) is 29.1 Å². The van der Waals surface area contributed by atoms with E-state index in [1.165, 1.54) is 16.7 Å². The fraction of sp³-hybridized carbons (Fsp3) is 0.217. The van der Waals surface area contributed by atoms with Crippen molar-refractivity contribution in [3.63, 3.8) is 0 Å². The minimum atomic E-state index is -3.74. The Hall–Kier alpha value is -3.38. The van der Waals surface area contributed by atoms with Crippen LogP contribution in [0.5, 0.6) is 0 Å². The van der Waals surface area contributed by atoms with E-state index in [1.807, 2.05) is 12.1 Å². The third-order valence-electron chi connectivity index (χ3n) is 5.85. The van der Waals surface area contributed by atoms with Crippen LogP contribution in [0.3, 0.4) is 0 Å². The molecule has 5 rings (SSSR count). The molecule has 12 heteroatoms. The topological polar surface area (TPSA) is 138 Å². The van der Waals surface area contributed by atoms with Crippen LogP contribution >= 0.6 is 11.6 Å². The Morgan fingerprint density at radius 2 is 1.80 bits per heavy atom. The van der Waals surface area contributed by atoms with Gasteiger partial charge in [0, 0.05) is 61.0 Å². The van der Waals surface area contributed by atoms with Crippen LogP contribution in [0.15, 0.2) is 59.9 Å². The van der Waals surface area contributed by atoms with Crippen LogP contribution in [0.4, 0.5) is 0 Å². The van der Waals surface area contributed by atoms with Gasteiger partial charge in [-0.1, -0.05) is 17.7 Å². The van der Waals surface area contributed by atoms with E-state index in [-0.39, 0.29) is 37.1 Å². The van der Waals surface area contributed by atoms with E-state index in [0.29, 0.717) is 34.2 Å². The highest BCUT2D eigenvalue weighted by Crippen LogP contribution is 2.25. The number of rotatable bonds is 5. The second-order valence-corrected chi connectivity index (χ2v) is 10.4. The maximum absolute atomic E-state index is 13.1. The molecule has 1 amide bonds. The van der Waals surface area contributed by atoms with E-state index in [0.717, 1.165) is 11.1 Å². The molecule has 4 aromatic rings. The number of aromatic amines is 1. The van der Waals surface area contributed by atoms with Gasteiger partial charge in [0.15, 0.2) is 5.82 Å². The van der Waals surface area contributed by atoms with Crippen LogP contribution < -0.4 is 5.73 Å². The molecule has 35 heavy (non-hydrogen) atoms. The molecule has 1 saturated heterocycles. The third kappa shape index (κ3) is 4.63. The smallest absolute Gasteiger partial charge is 0.258 e. The molecule has 180 valence electrons. The Morgan fingerprint density at radius 1 is 1.06 bits per heavy atom. The zero-order valence-electron chi connectivity index (χ0n) is 18.6. The van der Waals surface area contributed by atoms with Gasteiger partial charge in [0.25, 0.3) is 15.9 Å². The molecule has 0 unspecified atom stereocenters. The molecular weight excluding hydrogens is 490 g/mol. The first-order valence-electron chi connectivity index (χ1n) is 10.9. The van der Waals surface area contributed by atoms with Gasteiger partial charge in [0.1, 0.15) is 10.7 Å². The summed E-state index contributed by atoms with van der Waals surface area (Å²) >= 11 is 6.01. The Morgan fingerprint density at radius 3 is 2.51 bits per heavy atom. The Labute approximate surface area is 206 Å². The number of pyridine rings is 1. The van der Waals surface area contributed by atoms with E-state index in [4.69, 9.17) is 17.3 Å². The van der Waals surface area contributed by atoms with Gasteiger partial charge in [0.05, 0.1) is 11.3 Å². The van der Waals surface area contributed by atoms with Crippen LogP contribution in [-0.4, -0.2) is 69.6 Å². The number of hydrogen-bond donors (Lipinski definition) is 2. The third-order valence-corrected chi connectivity index (χ3v) is 7.90. The number of aromatic nitrogens is 4. The summed E-state index contributed by atoms with van der Waals surface area (Å²) in [6.45, 7) is 1.18. The monoisotopic (exact) mass is 511 g/mol. The Kier molecular flexibility index (Phi) is 6.24. The number of nitrogens with zero attached hydrogens (tertiary/aromatic N) is 5. The van der Waals surface area contributed by atoms with Crippen molar-refractivity contribution in [3.05, 3.63) is 71.1 Å². The predicted octanol–water partition coefficient (Wildman–Crippen LogP) is 2.28. The average Bonchev–Trinajstić information content (AvgIpc) is 3.33. The highest BCUT2D eigenvalue weighted by atomic mass is 35.5. The second kappa shape index (κ2) is 9.34. The number of benzene rings is 1. The maximum Gasteiger partial charge on any atom is 0.258 e. The zero-order valence-corrected chi connectivity index (χ0v) is 20.1. The number of amides is 1. The fourth-order valence-corrected chi connectivity index (χ4v) is 5.58. The summed E-state index contributed by atoms with van der Waals surface area (Å²) in [4.78, 5) is 30.4. The van der Waals surface area contributed by atoms with Crippen LogP contribution in [0.1, 0.15) is 16.1 Å². The number of piperazine rings is 1. The lowest BCUT2D eigenvalue weighted by Gasteiger charge is -2.33. The molecule has 0 atom stereocenters. The maximum atomic E-state index is 13.1. The lowest BCUT2D eigenvalue weighted by Crippen LogP contribution is -2.50. The number of H-pyrrole nitrogens is 1. The number of nitrogens with two attached hydrogens (primary N) is 1. The highest BCUT2D eigenvalue weighted by Gasteiger charge is 2.31. The van der Waals surface area contributed by atoms with Gasteiger partial charge >= 0.3 is 0 Å². The fourth-order valence-electron chi connectivity index (χ4n) is 3.96. The highest BCUT2D eigenvalue weighted by molar-refractivity contribution is 7.89. The van der Waals surface area contributed by atoms with E-state index >= 15 is 0 Å². The minimum Gasteiger partial charge on any atom is -0.345 e. The summed E-state index contributed by atoms with van der Waals surface area (Å²) in [6.07, 6.45) is 2.92. The van der Waals surface area contributed by atoms with Gasteiger partial charge in [-0.15, -0.1) is 0 Å². The van der Waals surface area contributed by atoms with Crippen molar-refractivity contribution in [2.24, 2.45) is 5.73 Å². The molecule has 3 aromatic heterocycles. The summed E-state index contributed by atoms with van der Waals surface area (Å²) in [6, 6.07) is 12.1. The van der Waals surface area contributed by atoms with Crippen molar-refractivity contribution in [1.29, 1.82) is 0 Å². The number of hydrogen-bond acceptors (Lipinski definition) is 7. The molecule has 1 aliphatic heterocycles. The molecule has 3 N–H and O–H groups in total. The second-order valence-electron chi connectivity index (χ2n) is 8.08. The van der Waals surface area contributed by atoms with Crippen LogP contribution in [0, 0.1) is 0 Å². The van der Waals surface area contributed by atoms with Crippen LogP contribution in [0.2, 0.25) is 5.02 Å². The number of nitrogens with one attached hydrogen (secondary N) is 1. The average molecular weight is 512 g/mol. The Bertz CT molecular complexity index is 1500. The minimum absolute atomic E-state index is 0.103. The van der Waals surface area contributed by atoms with Gasteiger partial charge in [-0.25, -0.2) is 23.4 Å². The van der Waals surface area contributed by atoms with Gasteiger partial charge in [-0.2, -0.15) is 4.31 Å². The van der Waals surface area contributed by atoms with E-state index in [1.54, 1.807) is 35.2 Å². The van der Waals surface area contributed by atoms with Crippen molar-refractivity contribution >= 4 is 38.4 Å². The number of carbonyl (C=O) groups is 1. The molecule has 0 bridgehead atoms. The molecule has 10 nitrogen and oxygen atoms in total. The molecule has 0 radical (unpaired) electrons. The molecule has 0 spiro atoms. The van der Waals surface area contributed by atoms with Gasteiger partial charge in [0.2, 0.25) is 0 Å². The quantitative estimate of drug-likeness (QED) is 0.419. The van der Waals surface area contributed by atoms with Crippen LogP contribution in [0.25, 0.3) is 22.4 Å². The number of sulfonamides is 1. The van der Waals surface area contributed by atoms with E-state index in [2.05, 4.69) is 19.9 Å². The van der Waals surface area contributed by atoms with Crippen molar-refractivity contribution in [2.45, 2.75) is 11.6 Å². The summed E-state index contributed by atoms with van der Waals surface area (Å²) in [7, 11) is -3.74. The molecule has 1 aliphatic rings. The standard InChI is InChI=1S/C23H22ClN7O3S/c24-17-4-5-19-15(10-17)11-21(29-19)35(33,34)31-8-6-30(7-9-31)23(32)16-13-26-22(27-14-16)20-3-1-2-18(12-25)28-20/h1-5,10-11,13-14,29H,6-9,12,25H2. The molecule has 0 saturated carbocycles. The van der Waals surface area contributed by atoms with Crippen molar-refractivity contribution in [3.8, 4) is 11.5 Å². The van der Waals surface area contributed by atoms with Gasteiger partial charge in [-0.05, 0) is 36.4 Å². The molecule has 1 fully saturated rings. The lowest BCUT2D eigenvalue weighted by molar-refractivity contribution is 0.0697. The van der Waals surface area contributed by atoms with Crippen LogP contribution in [-0.2, 0) is 16.6 Å². The van der Waals surface area contributed by atoms with Crippen molar-refractivity contribution in [2.75, 3.05) is 26.2 Å². The van der Waals surface area contributed by atoms with E-state index in [9.17, 15) is 13.2 Å². The number of carbonyl (C=O) groups excluding carboxylic acids is 1. The summed E-state index contributed by atoms with van der Waals surface area (Å²) in [5.41, 5.74) is 7.94. The number of halogens is 1. The van der Waals surface area contributed by atoms with E-state index < -0.39 is 10.0 Å². The largest absolute Gasteiger partial charge is 0.345 e. The summed E-state index contributed by atoms with van der Waals surface area (Å²) < 4.78 is 27.6. The SMILES string of the molecule is NCc1cccc(-c2ncc(C(=O)N3CCN(S(=O)(=O)c4cc5cc(Cl)ccc5[nH]4)CC3)cn2)n1. The van der Waals surface area contributed by atoms with Crippen molar-refractivity contribution < 1.29 is 13.2 Å². The molecule has 4 heterocycles. The molecule has 1 aromatic carbocycles. The first-order valence-corrected chi connectivity index (χ1v) is 12.7. The first-order chi connectivity index (χ1) is 16.8. The summed E-state index contributed by atoms with van der Waals surface area (Å²) in [5.74, 6) is 0.143. The van der Waals surface area contributed by atoms with Gasteiger partial charge in [-0.3, -0.25) is 4.79 Å². The molecule has 0 aliphatic carbocycles. The lowest BCUT2D eigenvalue weighted by atomic mass is 10.2. The van der Waals surface area contributed by atoms with Gasteiger partial charge < -0.3 is 15.6 Å². The normalized spacial score (nSPS) is 15.0.